The van der Waals surface area contributed by atoms with E-state index in [9.17, 15) is 5.26 Å². The van der Waals surface area contributed by atoms with Crippen LogP contribution in [0.2, 0.25) is 0 Å². The van der Waals surface area contributed by atoms with E-state index in [1.54, 1.807) is 12.4 Å². The number of imidazole rings is 1. The van der Waals surface area contributed by atoms with Crippen LogP contribution in [0.25, 0.3) is 16.9 Å². The van der Waals surface area contributed by atoms with Gasteiger partial charge >= 0.3 is 0 Å². The van der Waals surface area contributed by atoms with Gasteiger partial charge in [0.15, 0.2) is 11.5 Å². The maximum Gasteiger partial charge on any atom is 0.180 e. The van der Waals surface area contributed by atoms with Crippen LogP contribution in [0.4, 0.5) is 5.82 Å². The number of pyridine rings is 1. The average molecular weight is 438 g/mol. The lowest BCUT2D eigenvalue weighted by atomic mass is 9.90. The molecule has 5 rings (SSSR count). The van der Waals surface area contributed by atoms with Gasteiger partial charge in [-0.3, -0.25) is 9.38 Å². The molecule has 3 aromatic heterocycles. The second-order valence-corrected chi connectivity index (χ2v) is 8.62. The van der Waals surface area contributed by atoms with Crippen LogP contribution in [0.5, 0.6) is 0 Å². The van der Waals surface area contributed by atoms with Gasteiger partial charge in [0.2, 0.25) is 0 Å². The lowest BCUT2D eigenvalue weighted by molar-refractivity contribution is 0.620. The van der Waals surface area contributed by atoms with Gasteiger partial charge in [0.05, 0.1) is 17.3 Å². The standard InChI is InChI=1S/C26H27N7/c1-3-17(2)24-15-31-26-25(29-9-8-19-14-30-22-7-5-4-6-21(19)22)32-23(16-33(24)26)20-10-18(11-27)12-28-13-20/h4-7,10,12-17,21-22,30H,3,8-9H2,1-2H3,(H,29,32). The molecule has 166 valence electrons. The van der Waals surface area contributed by atoms with Crippen molar-refractivity contribution >= 4 is 11.5 Å². The fourth-order valence-electron chi connectivity index (χ4n) is 4.46. The Labute approximate surface area is 193 Å². The van der Waals surface area contributed by atoms with Gasteiger partial charge < -0.3 is 10.6 Å². The van der Waals surface area contributed by atoms with Crippen LogP contribution < -0.4 is 10.6 Å². The van der Waals surface area contributed by atoms with Crippen molar-refractivity contribution in [2.24, 2.45) is 5.92 Å². The van der Waals surface area contributed by atoms with Crippen molar-refractivity contribution in [1.29, 1.82) is 5.26 Å². The predicted molar refractivity (Wildman–Crippen MR) is 130 cm³/mol. The molecule has 2 aliphatic rings. The third-order valence-corrected chi connectivity index (χ3v) is 6.53. The fraction of sp³-hybridized carbons (Fsp3) is 0.308. The molecule has 0 bridgehead atoms. The van der Waals surface area contributed by atoms with E-state index < -0.39 is 0 Å². The molecular formula is C26H27N7. The molecule has 0 spiro atoms. The second kappa shape index (κ2) is 8.91. The number of allylic oxidation sites excluding steroid dienone is 2. The van der Waals surface area contributed by atoms with Crippen LogP contribution >= 0.6 is 0 Å². The Kier molecular flexibility index (Phi) is 5.66. The van der Waals surface area contributed by atoms with E-state index >= 15 is 0 Å². The van der Waals surface area contributed by atoms with Crippen molar-refractivity contribution in [1.82, 2.24) is 24.7 Å². The SMILES string of the molecule is CCC(C)c1cnc2c(NCCC3=CNC4C=CC=CC34)nc(-c3cncc(C#N)c3)cn12. The van der Waals surface area contributed by atoms with E-state index in [0.29, 0.717) is 23.4 Å². The van der Waals surface area contributed by atoms with Crippen molar-refractivity contribution in [2.75, 3.05) is 11.9 Å². The molecule has 33 heavy (non-hydrogen) atoms. The Hall–Kier alpha value is -3.92. The van der Waals surface area contributed by atoms with E-state index in [-0.39, 0.29) is 0 Å². The Morgan fingerprint density at radius 1 is 1.24 bits per heavy atom. The molecule has 7 heteroatoms. The summed E-state index contributed by atoms with van der Waals surface area (Å²) in [7, 11) is 0. The number of hydrogen-bond donors (Lipinski definition) is 2. The van der Waals surface area contributed by atoms with Gasteiger partial charge in [-0.2, -0.15) is 5.26 Å². The first kappa shape index (κ1) is 21.0. The van der Waals surface area contributed by atoms with Crippen molar-refractivity contribution in [3.63, 3.8) is 0 Å². The van der Waals surface area contributed by atoms with Gasteiger partial charge in [-0.1, -0.05) is 38.2 Å². The zero-order valence-electron chi connectivity index (χ0n) is 18.9. The van der Waals surface area contributed by atoms with Crippen LogP contribution in [0, 0.1) is 17.2 Å². The molecule has 0 radical (unpaired) electrons. The molecule has 3 atom stereocenters. The molecule has 1 aliphatic heterocycles. The van der Waals surface area contributed by atoms with Crippen LogP contribution in [0.15, 0.2) is 66.9 Å². The van der Waals surface area contributed by atoms with Crippen molar-refractivity contribution in [3.05, 3.63) is 78.2 Å². The summed E-state index contributed by atoms with van der Waals surface area (Å²) in [6, 6.07) is 4.35. The van der Waals surface area contributed by atoms with Gasteiger partial charge in [-0.05, 0) is 36.6 Å². The molecule has 2 N–H and O–H groups in total. The van der Waals surface area contributed by atoms with Gasteiger partial charge in [-0.15, -0.1) is 0 Å². The first-order valence-electron chi connectivity index (χ1n) is 11.4. The number of nitrogens with one attached hydrogen (secondary N) is 2. The van der Waals surface area contributed by atoms with Gasteiger partial charge in [0, 0.05) is 48.5 Å². The Balaban J connectivity index is 1.45. The average Bonchev–Trinajstić information content (AvgIpc) is 3.48. The Bertz CT molecular complexity index is 1310. The molecule has 1 aliphatic carbocycles. The normalized spacial score (nSPS) is 19.6. The minimum Gasteiger partial charge on any atom is -0.384 e. The minimum absolute atomic E-state index is 0.364. The third-order valence-electron chi connectivity index (χ3n) is 6.53. The van der Waals surface area contributed by atoms with Crippen molar-refractivity contribution in [2.45, 2.75) is 38.6 Å². The first-order chi connectivity index (χ1) is 16.2. The number of fused-ring (bicyclic) bond motifs is 2. The summed E-state index contributed by atoms with van der Waals surface area (Å²) in [5, 5.41) is 16.3. The molecule has 0 saturated heterocycles. The molecule has 0 amide bonds. The summed E-state index contributed by atoms with van der Waals surface area (Å²) in [6.45, 7) is 5.14. The fourth-order valence-corrected chi connectivity index (χ4v) is 4.46. The van der Waals surface area contributed by atoms with Gasteiger partial charge in [-0.25, -0.2) is 9.97 Å². The highest BCUT2D eigenvalue weighted by molar-refractivity contribution is 5.70. The monoisotopic (exact) mass is 437 g/mol. The summed E-state index contributed by atoms with van der Waals surface area (Å²) in [4.78, 5) is 13.8. The molecule has 0 aromatic carbocycles. The van der Waals surface area contributed by atoms with Crippen LogP contribution in [0.3, 0.4) is 0 Å². The highest BCUT2D eigenvalue weighted by Crippen LogP contribution is 2.30. The summed E-state index contributed by atoms with van der Waals surface area (Å²) < 4.78 is 2.12. The number of aromatic nitrogens is 4. The van der Waals surface area contributed by atoms with E-state index in [4.69, 9.17) is 9.97 Å². The number of hydrogen-bond acceptors (Lipinski definition) is 6. The van der Waals surface area contributed by atoms with Crippen molar-refractivity contribution < 1.29 is 0 Å². The highest BCUT2D eigenvalue weighted by atomic mass is 15.1. The lowest BCUT2D eigenvalue weighted by Gasteiger charge is -2.19. The first-order valence-corrected chi connectivity index (χ1v) is 11.4. The number of nitriles is 1. The van der Waals surface area contributed by atoms with E-state index in [1.807, 2.05) is 18.5 Å². The maximum absolute atomic E-state index is 9.30. The maximum atomic E-state index is 9.30. The smallest absolute Gasteiger partial charge is 0.180 e. The van der Waals surface area contributed by atoms with Gasteiger partial charge in [0.25, 0.3) is 0 Å². The second-order valence-electron chi connectivity index (χ2n) is 8.62. The van der Waals surface area contributed by atoms with Crippen LogP contribution in [0.1, 0.15) is 43.9 Å². The van der Waals surface area contributed by atoms with E-state index in [1.165, 1.54) is 5.57 Å². The lowest BCUT2D eigenvalue weighted by Crippen LogP contribution is -2.25. The molecule has 3 unspecified atom stereocenters. The molecule has 7 nitrogen and oxygen atoms in total. The highest BCUT2D eigenvalue weighted by Gasteiger charge is 2.26. The van der Waals surface area contributed by atoms with Crippen LogP contribution in [-0.2, 0) is 0 Å². The third kappa shape index (κ3) is 4.00. The number of anilines is 1. The summed E-state index contributed by atoms with van der Waals surface area (Å²) >= 11 is 0. The van der Waals surface area contributed by atoms with Gasteiger partial charge in [0.1, 0.15) is 6.07 Å². The largest absolute Gasteiger partial charge is 0.384 e. The number of nitrogens with zero attached hydrogens (tertiary/aromatic N) is 5. The predicted octanol–water partition coefficient (Wildman–Crippen LogP) is 4.58. The van der Waals surface area contributed by atoms with E-state index in [2.05, 4.69) is 70.4 Å². The quantitative estimate of drug-likeness (QED) is 0.562. The van der Waals surface area contributed by atoms with Crippen molar-refractivity contribution in [3.8, 4) is 17.3 Å². The zero-order chi connectivity index (χ0) is 22.8. The Morgan fingerprint density at radius 3 is 2.97 bits per heavy atom. The zero-order valence-corrected chi connectivity index (χ0v) is 18.9. The number of rotatable bonds is 7. The summed E-state index contributed by atoms with van der Waals surface area (Å²) in [5.74, 6) is 1.52. The molecule has 0 saturated carbocycles. The molecule has 4 heterocycles. The van der Waals surface area contributed by atoms with Crippen LogP contribution in [-0.4, -0.2) is 31.9 Å². The molecule has 3 aromatic rings. The van der Waals surface area contributed by atoms with E-state index in [0.717, 1.165) is 47.8 Å². The topological polar surface area (TPSA) is 90.9 Å². The summed E-state index contributed by atoms with van der Waals surface area (Å²) in [5.41, 5.74) is 5.44. The summed E-state index contributed by atoms with van der Waals surface area (Å²) in [6.07, 6.45) is 20.0. The Morgan fingerprint density at radius 2 is 2.12 bits per heavy atom. The molecular weight excluding hydrogens is 410 g/mol. The minimum atomic E-state index is 0.364. The molecule has 0 fully saturated rings.